The Morgan fingerprint density at radius 1 is 1.88 bits per heavy atom. The second-order valence-corrected chi connectivity index (χ2v) is 1.26. The zero-order valence-electron chi connectivity index (χ0n) is 4.07. The first-order valence-electron chi connectivity index (χ1n) is 1.96. The summed E-state index contributed by atoms with van der Waals surface area (Å²) in [6.07, 6.45) is 0. The van der Waals surface area contributed by atoms with Crippen LogP contribution in [0.15, 0.2) is 5.18 Å². The van der Waals surface area contributed by atoms with Crippen LogP contribution in [0.1, 0.15) is 0 Å². The van der Waals surface area contributed by atoms with Gasteiger partial charge in [-0.25, -0.2) is 0 Å². The molecule has 5 nitrogen and oxygen atoms in total. The van der Waals surface area contributed by atoms with Crippen molar-refractivity contribution in [2.75, 3.05) is 6.54 Å². The maximum absolute atomic E-state index is 9.77. The van der Waals surface area contributed by atoms with Gasteiger partial charge >= 0.3 is 5.97 Å². The van der Waals surface area contributed by atoms with Gasteiger partial charge in [-0.1, -0.05) is 5.18 Å². The minimum atomic E-state index is -1.20. The molecule has 0 aromatic heterocycles. The van der Waals surface area contributed by atoms with Crippen molar-refractivity contribution in [3.05, 3.63) is 4.91 Å². The molecule has 0 aliphatic carbocycles. The first-order chi connectivity index (χ1) is 3.68. The summed E-state index contributed by atoms with van der Waals surface area (Å²) in [7, 11) is 0. The highest BCUT2D eigenvalue weighted by Crippen LogP contribution is 1.77. The molecule has 1 atom stereocenters. The highest BCUT2D eigenvalue weighted by atomic mass is 16.4. The average molecular weight is 118 g/mol. The summed E-state index contributed by atoms with van der Waals surface area (Å²) in [5, 5.41) is 10.3. The summed E-state index contributed by atoms with van der Waals surface area (Å²) in [5.41, 5.74) is 4.83. The van der Waals surface area contributed by atoms with Gasteiger partial charge in [-0.15, -0.1) is 0 Å². The van der Waals surface area contributed by atoms with Gasteiger partial charge in [0.05, 0.1) is 0 Å². The van der Waals surface area contributed by atoms with Crippen LogP contribution in [-0.2, 0) is 4.79 Å². The maximum atomic E-state index is 9.77. The molecule has 8 heavy (non-hydrogen) atoms. The quantitative estimate of drug-likeness (QED) is 0.473. The number of aliphatic carboxylic acids is 1. The predicted octanol–water partition coefficient (Wildman–Crippen LogP) is -0.835. The number of nitroso groups, excluding NO2 is 1. The van der Waals surface area contributed by atoms with Gasteiger partial charge in [0.2, 0.25) is 0 Å². The number of hydrogen-bond donors (Lipinski definition) is 2. The molecule has 0 rings (SSSR count). The second-order valence-electron chi connectivity index (χ2n) is 1.26. The van der Waals surface area contributed by atoms with Crippen LogP contribution in [0.3, 0.4) is 0 Å². The van der Waals surface area contributed by atoms with E-state index in [1.165, 1.54) is 0 Å². The van der Waals surface area contributed by atoms with Gasteiger partial charge in [0.15, 0.2) is 0 Å². The zero-order valence-corrected chi connectivity index (χ0v) is 4.07. The molecule has 5 heteroatoms. The highest BCUT2D eigenvalue weighted by Gasteiger charge is 2.09. The van der Waals surface area contributed by atoms with Crippen LogP contribution in [0.4, 0.5) is 0 Å². The first-order valence-corrected chi connectivity index (χ1v) is 1.96. The van der Waals surface area contributed by atoms with E-state index in [0.29, 0.717) is 0 Å². The normalized spacial score (nSPS) is 12.6. The Labute approximate surface area is 45.5 Å². The van der Waals surface area contributed by atoms with Crippen LogP contribution < -0.4 is 5.73 Å². The van der Waals surface area contributed by atoms with E-state index >= 15 is 0 Å². The predicted molar refractivity (Wildman–Crippen MR) is 26.3 cm³/mol. The van der Waals surface area contributed by atoms with Crippen LogP contribution in [0.2, 0.25) is 0 Å². The van der Waals surface area contributed by atoms with E-state index < -0.39 is 12.0 Å². The molecule has 0 spiro atoms. The molecule has 0 aromatic carbocycles. The molecule has 0 bridgehead atoms. The fourth-order valence-corrected chi connectivity index (χ4v) is 0.158. The summed E-state index contributed by atoms with van der Waals surface area (Å²) in [6, 6.07) is -1.15. The number of nitrogens with two attached hydrogens (primary N) is 1. The Balaban J connectivity index is 3.46. The summed E-state index contributed by atoms with van der Waals surface area (Å²) in [6.45, 7) is -0.366. The molecular weight excluding hydrogens is 112 g/mol. The molecular formula is C3H6N2O3. The minimum absolute atomic E-state index is 0.366. The molecule has 0 heterocycles. The Bertz CT molecular complexity index is 103. The molecule has 0 saturated heterocycles. The summed E-state index contributed by atoms with van der Waals surface area (Å²) in [4.78, 5) is 19.1. The highest BCUT2D eigenvalue weighted by molar-refractivity contribution is 5.73. The number of carboxylic acids is 1. The first kappa shape index (κ1) is 7.03. The lowest BCUT2D eigenvalue weighted by Crippen LogP contribution is -2.32. The standard InChI is InChI=1S/C3H6N2O3/c4-2(1-5-8)3(6)7/h2H,1,4H2,(H,6,7)/t2-/m1/s1. The molecule has 0 aliphatic heterocycles. The van der Waals surface area contributed by atoms with Crippen molar-refractivity contribution in [2.45, 2.75) is 6.04 Å². The van der Waals surface area contributed by atoms with E-state index in [1.807, 2.05) is 0 Å². The Morgan fingerprint density at radius 2 is 2.38 bits per heavy atom. The molecule has 3 N–H and O–H groups in total. The Hall–Kier alpha value is -0.970. The van der Waals surface area contributed by atoms with Crippen molar-refractivity contribution in [2.24, 2.45) is 10.9 Å². The van der Waals surface area contributed by atoms with Crippen LogP contribution in [0, 0.1) is 4.91 Å². The van der Waals surface area contributed by atoms with Gasteiger partial charge in [-0.3, -0.25) is 4.79 Å². The lowest BCUT2D eigenvalue weighted by Gasteiger charge is -1.95. The van der Waals surface area contributed by atoms with Gasteiger partial charge < -0.3 is 10.8 Å². The smallest absolute Gasteiger partial charge is 0.322 e. The van der Waals surface area contributed by atoms with Crippen molar-refractivity contribution in [3.63, 3.8) is 0 Å². The van der Waals surface area contributed by atoms with Gasteiger partial charge in [-0.05, 0) is 0 Å². The summed E-state index contributed by atoms with van der Waals surface area (Å²) in [5.74, 6) is -1.20. The molecule has 0 aliphatic rings. The van der Waals surface area contributed by atoms with Crippen molar-refractivity contribution in [1.29, 1.82) is 0 Å². The maximum Gasteiger partial charge on any atom is 0.322 e. The minimum Gasteiger partial charge on any atom is -0.480 e. The fourth-order valence-electron chi connectivity index (χ4n) is 0.158. The largest absolute Gasteiger partial charge is 0.480 e. The van der Waals surface area contributed by atoms with E-state index in [0.717, 1.165) is 0 Å². The zero-order chi connectivity index (χ0) is 6.57. The molecule has 0 radical (unpaired) electrons. The van der Waals surface area contributed by atoms with Gasteiger partial charge in [0.1, 0.15) is 12.6 Å². The van der Waals surface area contributed by atoms with Gasteiger partial charge in [0.25, 0.3) is 0 Å². The van der Waals surface area contributed by atoms with E-state index in [2.05, 4.69) is 5.18 Å². The molecule has 0 fully saturated rings. The lowest BCUT2D eigenvalue weighted by atomic mass is 10.3. The molecule has 0 aromatic rings. The molecule has 0 amide bonds. The second kappa shape index (κ2) is 3.09. The van der Waals surface area contributed by atoms with Crippen LogP contribution >= 0.6 is 0 Å². The number of nitrogens with zero attached hydrogens (tertiary/aromatic N) is 1. The van der Waals surface area contributed by atoms with E-state index in [9.17, 15) is 9.70 Å². The van der Waals surface area contributed by atoms with E-state index in [1.54, 1.807) is 0 Å². The van der Waals surface area contributed by atoms with Crippen molar-refractivity contribution >= 4 is 5.97 Å². The van der Waals surface area contributed by atoms with Gasteiger partial charge in [0, 0.05) is 0 Å². The Morgan fingerprint density at radius 3 is 2.50 bits per heavy atom. The molecule has 0 unspecified atom stereocenters. The van der Waals surface area contributed by atoms with Gasteiger partial charge in [-0.2, -0.15) is 4.91 Å². The van der Waals surface area contributed by atoms with Crippen molar-refractivity contribution in [1.82, 2.24) is 0 Å². The van der Waals surface area contributed by atoms with Crippen LogP contribution in [0.5, 0.6) is 0 Å². The number of carbonyl (C=O) groups is 1. The van der Waals surface area contributed by atoms with Crippen LogP contribution in [0.25, 0.3) is 0 Å². The van der Waals surface area contributed by atoms with Crippen molar-refractivity contribution in [3.8, 4) is 0 Å². The average Bonchev–Trinajstić information content (AvgIpc) is 1.67. The number of rotatable bonds is 3. The van der Waals surface area contributed by atoms with Crippen molar-refractivity contribution < 1.29 is 9.90 Å². The molecule has 46 valence electrons. The fraction of sp³-hybridized carbons (Fsp3) is 0.667. The SMILES string of the molecule is N[C@H](CN=O)C(=O)O. The summed E-state index contributed by atoms with van der Waals surface area (Å²) >= 11 is 0. The Kier molecular flexibility index (Phi) is 2.71. The third-order valence-corrected chi connectivity index (χ3v) is 0.588. The van der Waals surface area contributed by atoms with Crippen LogP contribution in [-0.4, -0.2) is 23.7 Å². The lowest BCUT2D eigenvalue weighted by molar-refractivity contribution is -0.138. The third kappa shape index (κ3) is 2.25. The molecule has 0 saturated carbocycles. The number of carboxylic acid groups (broad SMARTS) is 1. The van der Waals surface area contributed by atoms with E-state index in [4.69, 9.17) is 10.8 Å². The topological polar surface area (TPSA) is 92.8 Å². The third-order valence-electron chi connectivity index (χ3n) is 0.588. The summed E-state index contributed by atoms with van der Waals surface area (Å²) < 4.78 is 0. The van der Waals surface area contributed by atoms with E-state index in [-0.39, 0.29) is 6.54 Å². The monoisotopic (exact) mass is 118 g/mol. The number of hydrogen-bond acceptors (Lipinski definition) is 4.